The van der Waals surface area contributed by atoms with Crippen LogP contribution in [0, 0.1) is 17.2 Å². The molecule has 115 heavy (non-hydrogen) atoms. The van der Waals surface area contributed by atoms with Crippen LogP contribution in [0.15, 0.2) is 0 Å². The first kappa shape index (κ1) is 95.1. The van der Waals surface area contributed by atoms with Gasteiger partial charge in [0.1, 0.15) is 50.0 Å². The standard InChI is InChI=1S/C11H20O5.C10H14F3NO2.C10H17N2O2P.C9H12F3NO3.C9H12F3NO2.C9H18O3.C8H10F3NO2.2CH4O.7CH4.H2/c1-5-11(6-12)8(13-4)7-9(16-11)15-10(2,3)14-7;1-3-9-5-14(8(15)10(11,12)13)7(4-16-9)6(9)2;1-10-6-9(7-13-10)12(8-10)15(2)14-5-3-4-11;1-2-8-4-13(7(15)9(10,11)12)5(3-16-8)6(8)14;1-2-8-3-6(4-15-8)13(5-8)7(14)9(10,11)12;1-4-9(5-2)8(11-3)7(10)6-12-9;1-7-2-5(3-14-7)12(4-7)6(13)8(9,10)11;2*1-2;;;;;;;;/h7-9,12H,5-6H2,1-4H3;6-7H,3-5H2,1-2H3;9H,3,5-8H2,1-2H3;5-6,14H,2-4H2,1H3;6H,2-5H2,1H3;7-8,10H,4-6H2,1-3H3;5H,2-4H2,1H3;2*2H,1H3;7*1H4;1H/t7-,8+,9+,11+;6-,7-,9-;9-,10-,15?;5-,6-,8-;6-,8-;7-,8+;5-,7-;;;;;;;;;;/m1010111........../s1/i;4T;1D,7T;3T;4T;6T;1D,3T;2*2T;;;;;;;;1+1D/t;4-,6-,7-,9-;7-,9-,10-,15?;3-,5-,6-,8-;4-,6+,8+;6-,7+,8-;3-,5-,7-;;;;;;;;;;/m.010001........... The lowest BCUT2D eigenvalue weighted by Gasteiger charge is -2.34. The number of halogens is 12. The molecule has 27 nitrogen and oxygen atoms in total. The number of ether oxygens (including phenoxy) is 11. The molecule has 0 spiro atoms. The number of nitrogens with zero attached hydrogens (tertiary/aromatic N) is 6. The van der Waals surface area contributed by atoms with Crippen molar-refractivity contribution in [3.63, 3.8) is 0 Å². The van der Waals surface area contributed by atoms with E-state index in [9.17, 15) is 87.2 Å². The smallest absolute Gasteiger partial charge is 0.400 e. The maximum atomic E-state index is 12.4. The van der Waals surface area contributed by atoms with E-state index in [1.807, 2.05) is 41.3 Å². The van der Waals surface area contributed by atoms with E-state index < -0.39 is 184 Å². The van der Waals surface area contributed by atoms with Crippen LogP contribution >= 0.6 is 8.30 Å². The molecule has 5 N–H and O–H groups in total. The van der Waals surface area contributed by atoms with Crippen molar-refractivity contribution in [3.8, 4) is 6.07 Å². The highest BCUT2D eigenvalue weighted by Crippen LogP contribution is 2.52. The SMILES string of the molecule is C.C.C.C.C.C.C.CC[C@@]1(CO)O[C@@H]2OC(C)(C)O[C@@H]2[C@@H]1OC.[2H]C[C@]12C[C@H]([C@@H]([3H])O1)N(C(=O)C(F)(F)F)C2.[2H]C[C@]12C[C@H]([C@@H]([3H])O1)N(P(C)OCCC#N)C2.[2H][2H].[3H]OC.[3H]OC.[3H][C@@H]1OC(CC)(CC)[C@@H](OC)[C@@H]1O.[3H][C@@H]1O[C@@]2(CC)CN(C(=O)C(F)(F)F)[C@@H]1[C@@H]2C.[3H][C@@H]1O[C@@]2(CC)CN(C(=O)C(F)(F)F)[C@@H]1[C@@H]2O.[3H][C@@H]1O[C@]2(CC)C[C@H]1N(C(=O)C(F)(F)F)C2. The number of aliphatic hydroxyl groups excluding tert-OH is 5. The van der Waals surface area contributed by atoms with E-state index in [2.05, 4.69) is 21.0 Å². The Balaban J connectivity index is -0.000000679. The number of likely N-dealkylation sites (tertiary alicyclic amines) is 4. The highest BCUT2D eigenvalue weighted by Gasteiger charge is 2.65. The van der Waals surface area contributed by atoms with Gasteiger partial charge in [-0.25, -0.2) is 0 Å². The molecule has 13 fully saturated rings. The number of nitriles is 1. The number of hydrogen-bond donors (Lipinski definition) is 5. The van der Waals surface area contributed by atoms with Gasteiger partial charge < -0.3 is 102 Å². The van der Waals surface area contributed by atoms with Crippen molar-refractivity contribution in [1.82, 2.24) is 24.3 Å². The van der Waals surface area contributed by atoms with Crippen molar-refractivity contribution < 1.29 is 168 Å². The fraction of sp³-hybridized carbons (Fsp3) is 0.933. The zero-order valence-electron chi connectivity index (χ0n) is 74.7. The summed E-state index contributed by atoms with van der Waals surface area (Å²) in [6.45, 7) is 12.8. The number of aliphatic hydroxyl groups is 5. The van der Waals surface area contributed by atoms with Gasteiger partial charge in [-0.1, -0.05) is 100 Å². The summed E-state index contributed by atoms with van der Waals surface area (Å²) in [7, 11) is 4.96. The molecule has 686 valence electrons. The first-order valence-electron chi connectivity index (χ1n) is 41.5. The third kappa shape index (κ3) is 25.5. The van der Waals surface area contributed by atoms with Crippen molar-refractivity contribution >= 4 is 31.9 Å². The van der Waals surface area contributed by atoms with Gasteiger partial charge in [0.05, 0.1) is 152 Å². The zero-order valence-corrected chi connectivity index (χ0v) is 63.6. The van der Waals surface area contributed by atoms with Crippen LogP contribution in [0.1, 0.15) is 206 Å². The van der Waals surface area contributed by atoms with Gasteiger partial charge in [-0.15, -0.1) is 0 Å². The lowest BCUT2D eigenvalue weighted by molar-refractivity contribution is -0.248. The summed E-state index contributed by atoms with van der Waals surface area (Å²) in [5.41, 5.74) is -5.45. The summed E-state index contributed by atoms with van der Waals surface area (Å²) in [5, 5.41) is 44.4. The molecule has 0 aromatic heterocycles. The van der Waals surface area contributed by atoms with E-state index in [0.29, 0.717) is 55.1 Å². The number of morpholine rings is 5. The molecule has 0 aliphatic carbocycles. The van der Waals surface area contributed by atoms with Crippen LogP contribution in [0.5, 0.6) is 0 Å². The number of rotatable bonds is 13. The van der Waals surface area contributed by atoms with Crippen molar-refractivity contribution in [2.24, 2.45) is 5.92 Å². The topological polar surface area (TPSA) is 320 Å². The molecule has 10 bridgehead atoms. The summed E-state index contributed by atoms with van der Waals surface area (Å²) in [4.78, 5) is 47.2. The molecule has 0 radical (unpaired) electrons. The molecule has 13 aliphatic rings. The second-order valence-electron chi connectivity index (χ2n) is 28.1. The van der Waals surface area contributed by atoms with Crippen LogP contribution in [0.2, 0.25) is 0 Å². The Morgan fingerprint density at radius 1 is 0.583 bits per heavy atom. The molecule has 25 atom stereocenters. The quantitative estimate of drug-likeness (QED) is 0.0650. The zero-order chi connectivity index (χ0) is 92.2. The summed E-state index contributed by atoms with van der Waals surface area (Å²) in [6, 6.07) is -1.55. The Labute approximate surface area is 692 Å². The second-order valence-corrected chi connectivity index (χ2v) is 29.8. The van der Waals surface area contributed by atoms with E-state index in [4.69, 9.17) is 78.7 Å². The van der Waals surface area contributed by atoms with Crippen LogP contribution < -0.4 is 0 Å². The molecular formula is C75H141F12N6O21P. The summed E-state index contributed by atoms with van der Waals surface area (Å²) in [5.74, 6) is -8.55. The molecule has 13 rings (SSSR count). The normalized spacial score (nSPS) is 39.6. The Morgan fingerprint density at radius 3 is 1.43 bits per heavy atom. The average molecular weight is 1740 g/mol. The molecule has 40 heteroatoms. The Kier molecular flexibility index (Phi) is 37.5. The fourth-order valence-electron chi connectivity index (χ4n) is 15.0. The van der Waals surface area contributed by atoms with Crippen LogP contribution in [-0.2, 0) is 75.8 Å². The number of carbonyl (C=O) groups is 4. The molecule has 4 amide bonds. The van der Waals surface area contributed by atoms with E-state index in [1.165, 1.54) is 14.2 Å². The predicted octanol–water partition coefficient (Wildman–Crippen LogP) is 11.4. The number of alkyl halides is 12. The van der Waals surface area contributed by atoms with E-state index in [1.54, 1.807) is 41.9 Å². The number of methoxy groups -OCH3 is 2. The maximum absolute atomic E-state index is 12.4. The van der Waals surface area contributed by atoms with Crippen molar-refractivity contribution in [2.75, 3.05) is 121 Å². The third-order valence-corrected chi connectivity index (χ3v) is 22.9. The van der Waals surface area contributed by atoms with Crippen LogP contribution in [0.25, 0.3) is 0 Å². The highest BCUT2D eigenvalue weighted by atomic mass is 31.2. The highest BCUT2D eigenvalue weighted by molar-refractivity contribution is 7.49. The molecule has 13 saturated heterocycles. The minimum Gasteiger partial charge on any atom is -0.400 e. The number of fused-ring (bicyclic) bond motifs is 11. The fourth-order valence-corrected chi connectivity index (χ4v) is 16.5. The molecule has 13 aliphatic heterocycles. The molecule has 13 heterocycles. The molecule has 0 saturated carbocycles. The van der Waals surface area contributed by atoms with Crippen molar-refractivity contribution in [3.05, 3.63) is 0 Å². The number of amides is 4. The molecule has 0 aromatic carbocycles. The Morgan fingerprint density at radius 2 is 1.02 bits per heavy atom. The summed E-state index contributed by atoms with van der Waals surface area (Å²) in [6.07, 6.45) is -18.0. The first-order valence-corrected chi connectivity index (χ1v) is 36.5. The van der Waals surface area contributed by atoms with Gasteiger partial charge >= 0.3 is 48.3 Å². The van der Waals surface area contributed by atoms with E-state index in [0.717, 1.165) is 29.1 Å². The first-order chi connectivity index (χ1) is 55.6. The maximum Gasteiger partial charge on any atom is 0.471 e. The molecular weight excluding hydrogens is 1580 g/mol. The van der Waals surface area contributed by atoms with Crippen molar-refractivity contribution in [1.29, 1.82) is 8.12 Å². The molecule has 0 aromatic rings. The van der Waals surface area contributed by atoms with Crippen LogP contribution in [-0.4, -0.2) is 334 Å². The van der Waals surface area contributed by atoms with Gasteiger partial charge in [0.25, 0.3) is 0 Å². The van der Waals surface area contributed by atoms with Gasteiger partial charge in [-0.3, -0.25) is 23.8 Å². The summed E-state index contributed by atoms with van der Waals surface area (Å²) >= 11 is 0. The van der Waals surface area contributed by atoms with Gasteiger partial charge in [0, 0.05) is 65.5 Å². The predicted molar refractivity (Wildman–Crippen MR) is 408 cm³/mol. The Hall–Kier alpha value is -3.76. The lowest BCUT2D eigenvalue weighted by Crippen LogP contribution is -2.50. The third-order valence-electron chi connectivity index (χ3n) is 21.2. The number of hydrogen-bond acceptors (Lipinski definition) is 23. The van der Waals surface area contributed by atoms with Crippen LogP contribution in [0.3, 0.4) is 0 Å². The van der Waals surface area contributed by atoms with Gasteiger partial charge in [0.2, 0.25) is 2.86 Å². The number of carbonyl (C=O) groups excluding carboxylic acids is 4. The second kappa shape index (κ2) is 45.4. The van der Waals surface area contributed by atoms with Gasteiger partial charge in [-0.05, 0) is 79.3 Å². The largest absolute Gasteiger partial charge is 0.471 e. The van der Waals surface area contributed by atoms with Gasteiger partial charge in [0.15, 0.2) is 12.1 Å². The van der Waals surface area contributed by atoms with Crippen LogP contribution in [0.4, 0.5) is 52.7 Å². The minimum atomic E-state index is -4.99. The van der Waals surface area contributed by atoms with E-state index >= 15 is 0 Å². The van der Waals surface area contributed by atoms with E-state index in [-0.39, 0.29) is 142 Å². The lowest BCUT2D eigenvalue weighted by atomic mass is 9.89. The molecule has 1 unspecified atom stereocenters. The van der Waals surface area contributed by atoms with Gasteiger partial charge in [-0.2, -0.15) is 57.9 Å². The van der Waals surface area contributed by atoms with Crippen molar-refractivity contribution in [2.45, 2.75) is 329 Å². The monoisotopic (exact) mass is 1740 g/mol. The minimum absolute atomic E-state index is 0. The summed E-state index contributed by atoms with van der Waals surface area (Å²) < 4.78 is 297. The Bertz CT molecular complexity index is 3200. The average Bonchev–Trinajstić information content (AvgIpc) is 1.57.